The Hall–Kier alpha value is -2.46. The van der Waals surface area contributed by atoms with Crippen LogP contribution in [0.5, 0.6) is 0 Å². The van der Waals surface area contributed by atoms with Gasteiger partial charge < -0.3 is 10.2 Å². The number of halogens is 2. The van der Waals surface area contributed by atoms with Gasteiger partial charge in [0.2, 0.25) is 21.8 Å². The largest absolute Gasteiger partial charge is 0.354 e. The normalized spacial score (nSPS) is 12.2. The van der Waals surface area contributed by atoms with Crippen molar-refractivity contribution in [2.24, 2.45) is 0 Å². The molecule has 10 heteroatoms. The Morgan fingerprint density at radius 1 is 1.15 bits per heavy atom. The topological polar surface area (TPSA) is 86.8 Å². The molecule has 7 nitrogen and oxygen atoms in total. The number of nitrogens with zero attached hydrogens (tertiary/aromatic N) is 2. The molecule has 0 saturated carbocycles. The molecule has 0 heterocycles. The zero-order valence-electron chi connectivity index (χ0n) is 18.9. The molecular formula is C23H29BrFN3O4S. The first kappa shape index (κ1) is 26.8. The third-order valence-electron chi connectivity index (χ3n) is 5.03. The summed E-state index contributed by atoms with van der Waals surface area (Å²) in [7, 11) is -3.85. The molecule has 0 aliphatic carbocycles. The van der Waals surface area contributed by atoms with E-state index in [4.69, 9.17) is 0 Å². The highest BCUT2D eigenvalue weighted by Gasteiger charge is 2.30. The van der Waals surface area contributed by atoms with E-state index in [0.717, 1.165) is 45.6 Å². The molecule has 0 aliphatic rings. The molecule has 0 spiro atoms. The van der Waals surface area contributed by atoms with Gasteiger partial charge in [0.1, 0.15) is 18.4 Å². The fourth-order valence-corrected chi connectivity index (χ4v) is 4.47. The zero-order chi connectivity index (χ0) is 24.6. The number of nitrogens with one attached hydrogen (secondary N) is 1. The van der Waals surface area contributed by atoms with E-state index < -0.39 is 34.3 Å². The van der Waals surface area contributed by atoms with Crippen LogP contribution in [0.3, 0.4) is 0 Å². The summed E-state index contributed by atoms with van der Waals surface area (Å²) in [5, 5.41) is 2.82. The van der Waals surface area contributed by atoms with E-state index in [1.165, 1.54) is 17.0 Å². The van der Waals surface area contributed by atoms with Gasteiger partial charge in [-0.25, -0.2) is 12.8 Å². The Balaban J connectivity index is 2.33. The van der Waals surface area contributed by atoms with Gasteiger partial charge in [0.15, 0.2) is 0 Å². The Kier molecular flexibility index (Phi) is 9.85. The summed E-state index contributed by atoms with van der Waals surface area (Å²) in [6.45, 7) is 3.70. The van der Waals surface area contributed by atoms with E-state index in [0.29, 0.717) is 6.54 Å². The quantitative estimate of drug-likeness (QED) is 0.439. The van der Waals surface area contributed by atoms with Crippen LogP contribution in [0.4, 0.5) is 10.1 Å². The first-order chi connectivity index (χ1) is 15.5. The van der Waals surface area contributed by atoms with Gasteiger partial charge in [0.25, 0.3) is 0 Å². The molecule has 1 atom stereocenters. The fourth-order valence-electron chi connectivity index (χ4n) is 3.17. The van der Waals surface area contributed by atoms with E-state index in [1.807, 2.05) is 31.2 Å². The number of benzene rings is 2. The highest BCUT2D eigenvalue weighted by atomic mass is 79.9. The van der Waals surface area contributed by atoms with Crippen molar-refractivity contribution in [3.8, 4) is 0 Å². The molecular weight excluding hydrogens is 513 g/mol. The average molecular weight is 542 g/mol. The second-order valence-electron chi connectivity index (χ2n) is 7.72. The van der Waals surface area contributed by atoms with Crippen molar-refractivity contribution in [1.82, 2.24) is 10.2 Å². The number of anilines is 1. The maximum absolute atomic E-state index is 13.4. The van der Waals surface area contributed by atoms with Crippen LogP contribution in [0.15, 0.2) is 53.0 Å². The molecule has 0 saturated heterocycles. The van der Waals surface area contributed by atoms with Crippen LogP contribution in [0.2, 0.25) is 0 Å². The summed E-state index contributed by atoms with van der Waals surface area (Å²) in [5.74, 6) is -1.39. The lowest BCUT2D eigenvalue weighted by Crippen LogP contribution is -2.51. The monoisotopic (exact) mass is 541 g/mol. The van der Waals surface area contributed by atoms with Crippen molar-refractivity contribution in [2.75, 3.05) is 23.7 Å². The van der Waals surface area contributed by atoms with E-state index in [2.05, 4.69) is 21.2 Å². The summed E-state index contributed by atoms with van der Waals surface area (Å²) in [6, 6.07) is 11.3. The molecule has 0 bridgehead atoms. The third-order valence-corrected chi connectivity index (χ3v) is 6.67. The third kappa shape index (κ3) is 8.12. The van der Waals surface area contributed by atoms with Gasteiger partial charge in [-0.2, -0.15) is 0 Å². The molecule has 2 rings (SSSR count). The van der Waals surface area contributed by atoms with Gasteiger partial charge >= 0.3 is 0 Å². The second-order valence-corrected chi connectivity index (χ2v) is 10.5. The van der Waals surface area contributed by atoms with Crippen LogP contribution in [0.1, 0.15) is 32.3 Å². The lowest BCUT2D eigenvalue weighted by atomic mass is 10.1. The van der Waals surface area contributed by atoms with Crippen LogP contribution in [0, 0.1) is 5.82 Å². The summed E-state index contributed by atoms with van der Waals surface area (Å²) < 4.78 is 39.9. The number of unbranched alkanes of at least 4 members (excludes halogenated alkanes) is 1. The minimum atomic E-state index is -3.85. The Labute approximate surface area is 203 Å². The van der Waals surface area contributed by atoms with Gasteiger partial charge in [0.05, 0.1) is 11.9 Å². The van der Waals surface area contributed by atoms with Gasteiger partial charge in [0, 0.05) is 17.6 Å². The van der Waals surface area contributed by atoms with Gasteiger partial charge in [-0.15, -0.1) is 0 Å². The molecule has 180 valence electrons. The minimum Gasteiger partial charge on any atom is -0.354 e. The van der Waals surface area contributed by atoms with Crippen LogP contribution in [-0.2, 0) is 26.2 Å². The first-order valence-electron chi connectivity index (χ1n) is 10.6. The number of hydrogen-bond donors (Lipinski definition) is 1. The standard InChI is InChI=1S/C23H29BrFN3O4S/c1-4-5-13-26-23(30)17(2)27(15-18-7-6-8-19(24)14-18)22(29)16-28(33(3,31)32)21-11-9-20(25)10-12-21/h6-12,14,17H,4-5,13,15-16H2,1-3H3,(H,26,30)/t17-/m0/s1. The summed E-state index contributed by atoms with van der Waals surface area (Å²) in [6.07, 6.45) is 2.70. The van der Waals surface area contributed by atoms with Gasteiger partial charge in [-0.1, -0.05) is 41.4 Å². The number of amides is 2. The lowest BCUT2D eigenvalue weighted by molar-refractivity contribution is -0.139. The van der Waals surface area contributed by atoms with Crippen molar-refractivity contribution in [3.05, 3.63) is 64.4 Å². The maximum Gasteiger partial charge on any atom is 0.244 e. The molecule has 0 unspecified atom stereocenters. The van der Waals surface area contributed by atoms with Crippen LogP contribution < -0.4 is 9.62 Å². The van der Waals surface area contributed by atoms with Crippen molar-refractivity contribution in [3.63, 3.8) is 0 Å². The molecule has 1 N–H and O–H groups in total. The van der Waals surface area contributed by atoms with Gasteiger partial charge in [-0.05, 0) is 55.3 Å². The van der Waals surface area contributed by atoms with E-state index in [9.17, 15) is 22.4 Å². The van der Waals surface area contributed by atoms with Crippen LogP contribution in [0.25, 0.3) is 0 Å². The average Bonchev–Trinajstić information content (AvgIpc) is 2.75. The van der Waals surface area contributed by atoms with E-state index in [-0.39, 0.29) is 18.1 Å². The number of carbonyl (C=O) groups is 2. The minimum absolute atomic E-state index is 0.113. The second kappa shape index (κ2) is 12.1. The smallest absolute Gasteiger partial charge is 0.244 e. The highest BCUT2D eigenvalue weighted by Crippen LogP contribution is 2.20. The number of rotatable bonds is 11. The van der Waals surface area contributed by atoms with Gasteiger partial charge in [-0.3, -0.25) is 13.9 Å². The zero-order valence-corrected chi connectivity index (χ0v) is 21.3. The highest BCUT2D eigenvalue weighted by molar-refractivity contribution is 9.10. The molecule has 33 heavy (non-hydrogen) atoms. The van der Waals surface area contributed by atoms with Crippen molar-refractivity contribution in [2.45, 2.75) is 39.3 Å². The molecule has 2 aromatic rings. The fraction of sp³-hybridized carbons (Fsp3) is 0.391. The molecule has 0 aliphatic heterocycles. The Morgan fingerprint density at radius 2 is 1.82 bits per heavy atom. The number of carbonyl (C=O) groups excluding carboxylic acids is 2. The van der Waals surface area contributed by atoms with Crippen LogP contribution in [-0.4, -0.2) is 50.5 Å². The molecule has 0 radical (unpaired) electrons. The maximum atomic E-state index is 13.4. The summed E-state index contributed by atoms with van der Waals surface area (Å²) in [5.41, 5.74) is 0.938. The van der Waals surface area contributed by atoms with E-state index >= 15 is 0 Å². The number of hydrogen-bond acceptors (Lipinski definition) is 4. The molecule has 0 aromatic heterocycles. The van der Waals surface area contributed by atoms with E-state index in [1.54, 1.807) is 6.92 Å². The summed E-state index contributed by atoms with van der Waals surface area (Å²) in [4.78, 5) is 27.4. The molecule has 0 fully saturated rings. The molecule has 2 aromatic carbocycles. The first-order valence-corrected chi connectivity index (χ1v) is 13.2. The number of sulfonamides is 1. The lowest BCUT2D eigenvalue weighted by Gasteiger charge is -2.31. The van der Waals surface area contributed by atoms with Crippen molar-refractivity contribution >= 4 is 43.5 Å². The van der Waals surface area contributed by atoms with Crippen molar-refractivity contribution in [1.29, 1.82) is 0 Å². The predicted octanol–water partition coefficient (Wildman–Crippen LogP) is 3.69. The summed E-state index contributed by atoms with van der Waals surface area (Å²) >= 11 is 3.40. The van der Waals surface area contributed by atoms with Crippen LogP contribution >= 0.6 is 15.9 Å². The van der Waals surface area contributed by atoms with Crippen molar-refractivity contribution < 1.29 is 22.4 Å². The SMILES string of the molecule is CCCCNC(=O)[C@H](C)N(Cc1cccc(Br)c1)C(=O)CN(c1ccc(F)cc1)S(C)(=O)=O. The predicted molar refractivity (Wildman–Crippen MR) is 131 cm³/mol. The Bertz CT molecular complexity index is 1060. The molecule has 2 amide bonds. The Morgan fingerprint density at radius 3 is 2.39 bits per heavy atom.